The minimum Gasteiger partial charge on any atom is -0.478 e. The molecule has 1 N–H and O–H groups in total. The third-order valence-corrected chi connectivity index (χ3v) is 2.64. The number of nitrogens with zero attached hydrogens (tertiary/aromatic N) is 3. The van der Waals surface area contributed by atoms with Gasteiger partial charge in [0.05, 0.1) is 11.8 Å². The largest absolute Gasteiger partial charge is 0.478 e. The smallest absolute Gasteiger partial charge is 0.332 e. The molecule has 1 aromatic heterocycles. The van der Waals surface area contributed by atoms with Crippen LogP contribution in [0, 0.1) is 0 Å². The SMILES string of the molecule is C=N/C(=C/C(=O)O)n1cc2c(n1)CCCC2. The Hall–Kier alpha value is -1.91. The van der Waals surface area contributed by atoms with Gasteiger partial charge in [0, 0.05) is 6.20 Å². The van der Waals surface area contributed by atoms with Gasteiger partial charge in [-0.15, -0.1) is 0 Å². The molecule has 5 nitrogen and oxygen atoms in total. The van der Waals surface area contributed by atoms with Crippen molar-refractivity contribution >= 4 is 18.5 Å². The molecule has 0 aromatic carbocycles. The summed E-state index contributed by atoms with van der Waals surface area (Å²) in [5.41, 5.74) is 2.23. The van der Waals surface area contributed by atoms with Crippen molar-refractivity contribution in [1.29, 1.82) is 0 Å². The number of carboxylic acids is 1. The predicted molar refractivity (Wildman–Crippen MR) is 60.3 cm³/mol. The molecule has 84 valence electrons. The molecule has 0 radical (unpaired) electrons. The van der Waals surface area contributed by atoms with Gasteiger partial charge in [-0.1, -0.05) is 0 Å². The average Bonchev–Trinajstić information content (AvgIpc) is 2.68. The Bertz CT molecular complexity index is 436. The van der Waals surface area contributed by atoms with Crippen molar-refractivity contribution in [3.8, 4) is 0 Å². The minimum absolute atomic E-state index is 0.252. The monoisotopic (exact) mass is 219 g/mol. The first-order valence-electron chi connectivity index (χ1n) is 5.20. The summed E-state index contributed by atoms with van der Waals surface area (Å²) < 4.78 is 1.50. The van der Waals surface area contributed by atoms with Gasteiger partial charge in [0.15, 0.2) is 5.82 Å². The maximum atomic E-state index is 10.6. The Kier molecular flexibility index (Phi) is 2.85. The van der Waals surface area contributed by atoms with Gasteiger partial charge in [-0.3, -0.25) is 0 Å². The van der Waals surface area contributed by atoms with Crippen LogP contribution in [-0.4, -0.2) is 27.6 Å². The predicted octanol–water partition coefficient (Wildman–Crippen LogP) is 1.35. The van der Waals surface area contributed by atoms with Crippen LogP contribution in [0.2, 0.25) is 0 Å². The molecule has 0 atom stereocenters. The highest BCUT2D eigenvalue weighted by molar-refractivity contribution is 5.86. The van der Waals surface area contributed by atoms with Crippen molar-refractivity contribution in [3.63, 3.8) is 0 Å². The van der Waals surface area contributed by atoms with Crippen LogP contribution in [0.1, 0.15) is 24.1 Å². The highest BCUT2D eigenvalue weighted by Gasteiger charge is 2.14. The quantitative estimate of drug-likeness (QED) is 0.616. The summed E-state index contributed by atoms with van der Waals surface area (Å²) >= 11 is 0. The topological polar surface area (TPSA) is 67.5 Å². The van der Waals surface area contributed by atoms with Crippen molar-refractivity contribution in [2.45, 2.75) is 25.7 Å². The molecule has 0 amide bonds. The fourth-order valence-electron chi connectivity index (χ4n) is 1.88. The molecule has 0 spiro atoms. The minimum atomic E-state index is -1.05. The first-order valence-corrected chi connectivity index (χ1v) is 5.20. The molecule has 0 saturated heterocycles. The van der Waals surface area contributed by atoms with Crippen LogP contribution in [0.3, 0.4) is 0 Å². The number of aliphatic carboxylic acids is 1. The Morgan fingerprint density at radius 2 is 2.31 bits per heavy atom. The van der Waals surface area contributed by atoms with E-state index in [9.17, 15) is 4.79 Å². The van der Waals surface area contributed by atoms with Crippen LogP contribution in [0.15, 0.2) is 17.3 Å². The van der Waals surface area contributed by atoms with E-state index in [1.807, 2.05) is 6.20 Å². The molecular formula is C11H13N3O2. The van der Waals surface area contributed by atoms with Gasteiger partial charge in [-0.05, 0) is 38.0 Å². The molecule has 0 bridgehead atoms. The lowest BCUT2D eigenvalue weighted by atomic mass is 9.99. The highest BCUT2D eigenvalue weighted by atomic mass is 16.4. The molecule has 1 aliphatic rings. The molecule has 1 aromatic rings. The van der Waals surface area contributed by atoms with Gasteiger partial charge in [-0.2, -0.15) is 5.10 Å². The number of carbonyl (C=O) groups is 1. The van der Waals surface area contributed by atoms with Crippen LogP contribution < -0.4 is 0 Å². The van der Waals surface area contributed by atoms with Gasteiger partial charge in [0.1, 0.15) is 0 Å². The van der Waals surface area contributed by atoms with Crippen LogP contribution in [0.25, 0.3) is 5.82 Å². The van der Waals surface area contributed by atoms with Gasteiger partial charge in [0.2, 0.25) is 0 Å². The number of aromatic nitrogens is 2. The third kappa shape index (κ3) is 2.03. The van der Waals surface area contributed by atoms with Crippen LogP contribution in [0.5, 0.6) is 0 Å². The fourth-order valence-corrected chi connectivity index (χ4v) is 1.88. The van der Waals surface area contributed by atoms with Crippen LogP contribution >= 0.6 is 0 Å². The van der Waals surface area contributed by atoms with E-state index in [0.29, 0.717) is 0 Å². The molecule has 0 unspecified atom stereocenters. The van der Waals surface area contributed by atoms with Gasteiger partial charge in [-0.25, -0.2) is 14.5 Å². The van der Waals surface area contributed by atoms with Gasteiger partial charge >= 0.3 is 5.97 Å². The zero-order valence-corrected chi connectivity index (χ0v) is 8.89. The maximum Gasteiger partial charge on any atom is 0.332 e. The van der Waals surface area contributed by atoms with Crippen LogP contribution in [-0.2, 0) is 17.6 Å². The van der Waals surface area contributed by atoms with Crippen molar-refractivity contribution in [1.82, 2.24) is 9.78 Å². The summed E-state index contributed by atoms with van der Waals surface area (Å²) in [6, 6.07) is 0. The summed E-state index contributed by atoms with van der Waals surface area (Å²) in [5, 5.41) is 13.0. The number of hydrogen-bond donors (Lipinski definition) is 1. The van der Waals surface area contributed by atoms with E-state index >= 15 is 0 Å². The standard InChI is InChI=1S/C11H13N3O2/c1-12-10(6-11(15)16)14-7-8-4-2-3-5-9(8)13-14/h6-7H,1-5H2,(H,15,16)/b10-6-. The number of carboxylic acid groups (broad SMARTS) is 1. The van der Waals surface area contributed by atoms with Crippen molar-refractivity contribution in [2.75, 3.05) is 0 Å². The van der Waals surface area contributed by atoms with E-state index in [1.54, 1.807) is 0 Å². The van der Waals surface area contributed by atoms with E-state index < -0.39 is 5.97 Å². The molecule has 1 aliphatic carbocycles. The molecule has 5 heteroatoms. The summed E-state index contributed by atoms with van der Waals surface area (Å²) in [4.78, 5) is 14.3. The number of aryl methyl sites for hydroxylation is 2. The van der Waals surface area contributed by atoms with E-state index in [0.717, 1.165) is 37.5 Å². The number of rotatable bonds is 3. The molecular weight excluding hydrogens is 206 g/mol. The maximum absolute atomic E-state index is 10.6. The summed E-state index contributed by atoms with van der Waals surface area (Å²) in [6.45, 7) is 3.35. The average molecular weight is 219 g/mol. The van der Waals surface area contributed by atoms with Crippen molar-refractivity contribution in [2.24, 2.45) is 4.99 Å². The molecule has 2 rings (SSSR count). The third-order valence-electron chi connectivity index (χ3n) is 2.64. The van der Waals surface area contributed by atoms with Gasteiger partial charge in [0.25, 0.3) is 0 Å². The number of hydrogen-bond acceptors (Lipinski definition) is 3. The first-order chi connectivity index (χ1) is 7.70. The molecule has 0 saturated carbocycles. The van der Waals surface area contributed by atoms with Crippen molar-refractivity contribution < 1.29 is 9.90 Å². The lowest BCUT2D eigenvalue weighted by Gasteiger charge is -2.06. The van der Waals surface area contributed by atoms with E-state index in [-0.39, 0.29) is 5.82 Å². The number of aliphatic imine (C=N–C) groups is 1. The second-order valence-electron chi connectivity index (χ2n) is 3.75. The summed E-state index contributed by atoms with van der Waals surface area (Å²) in [5.74, 6) is -0.794. The van der Waals surface area contributed by atoms with E-state index in [2.05, 4.69) is 16.8 Å². The Morgan fingerprint density at radius 1 is 1.56 bits per heavy atom. The van der Waals surface area contributed by atoms with Gasteiger partial charge < -0.3 is 5.11 Å². The highest BCUT2D eigenvalue weighted by Crippen LogP contribution is 2.21. The molecule has 16 heavy (non-hydrogen) atoms. The van der Waals surface area contributed by atoms with E-state index in [4.69, 9.17) is 5.11 Å². The second-order valence-corrected chi connectivity index (χ2v) is 3.75. The second kappa shape index (κ2) is 4.30. The normalized spacial score (nSPS) is 15.6. The Balaban J connectivity index is 2.36. The van der Waals surface area contributed by atoms with Crippen LogP contribution in [0.4, 0.5) is 0 Å². The Labute approximate surface area is 93.1 Å². The molecule has 0 aliphatic heterocycles. The molecule has 1 heterocycles. The Morgan fingerprint density at radius 3 is 2.94 bits per heavy atom. The lowest BCUT2D eigenvalue weighted by Crippen LogP contribution is -2.01. The fraction of sp³-hybridized carbons (Fsp3) is 0.364. The summed E-state index contributed by atoms with van der Waals surface area (Å²) in [7, 11) is 0. The van der Waals surface area contributed by atoms with Crippen molar-refractivity contribution in [3.05, 3.63) is 23.5 Å². The zero-order chi connectivity index (χ0) is 11.5. The number of fused-ring (bicyclic) bond motifs is 1. The summed E-state index contributed by atoms with van der Waals surface area (Å²) in [6.07, 6.45) is 7.12. The lowest BCUT2D eigenvalue weighted by molar-refractivity contribution is -0.131. The first kappa shape index (κ1) is 10.6. The molecule has 0 fully saturated rings. The zero-order valence-electron chi connectivity index (χ0n) is 8.89. The van der Waals surface area contributed by atoms with E-state index in [1.165, 1.54) is 10.2 Å².